The van der Waals surface area contributed by atoms with Gasteiger partial charge in [-0.1, -0.05) is 16.8 Å². The van der Waals surface area contributed by atoms with E-state index in [0.717, 1.165) is 30.6 Å². The van der Waals surface area contributed by atoms with Crippen molar-refractivity contribution in [2.45, 2.75) is 26.3 Å². The molecule has 156 valence electrons. The molecule has 8 heteroatoms. The third kappa shape index (κ3) is 4.86. The summed E-state index contributed by atoms with van der Waals surface area (Å²) in [5, 5.41) is 7.65. The minimum Gasteiger partial charge on any atom is -0.338 e. The Hall–Kier alpha value is -2.77. The van der Waals surface area contributed by atoms with Crippen LogP contribution in [0, 0.1) is 18.7 Å². The van der Waals surface area contributed by atoms with Crippen LogP contribution in [0.1, 0.15) is 24.3 Å². The van der Waals surface area contributed by atoms with Crippen molar-refractivity contribution in [1.29, 1.82) is 0 Å². The zero-order valence-electron chi connectivity index (χ0n) is 16.6. The van der Waals surface area contributed by atoms with Crippen molar-refractivity contribution in [3.05, 3.63) is 64.8 Å². The standard InChI is InChI=1S/C22H22ClFN4O2/c1-14-11-17(23)6-9-19(14)25-22(29)16-3-2-10-28(12-16)13-20-26-21(27-30-20)15-4-7-18(24)8-5-15/h4-9,11,16H,2-3,10,12-13H2,1H3,(H,25,29). The average molecular weight is 429 g/mol. The maximum absolute atomic E-state index is 13.1. The molecule has 0 radical (unpaired) electrons. The predicted molar refractivity (Wildman–Crippen MR) is 113 cm³/mol. The molecule has 2 aromatic carbocycles. The van der Waals surface area contributed by atoms with Gasteiger partial charge in [0.2, 0.25) is 17.6 Å². The highest BCUT2D eigenvalue weighted by Gasteiger charge is 2.27. The average Bonchev–Trinajstić information content (AvgIpc) is 3.19. The van der Waals surface area contributed by atoms with E-state index in [1.54, 1.807) is 18.2 Å². The van der Waals surface area contributed by atoms with Crippen LogP contribution in [-0.2, 0) is 11.3 Å². The van der Waals surface area contributed by atoms with Crippen molar-refractivity contribution in [1.82, 2.24) is 15.0 Å². The third-order valence-electron chi connectivity index (χ3n) is 5.25. The number of hydrogen-bond donors (Lipinski definition) is 1. The van der Waals surface area contributed by atoms with E-state index in [1.807, 2.05) is 19.1 Å². The lowest BCUT2D eigenvalue weighted by atomic mass is 9.97. The van der Waals surface area contributed by atoms with Gasteiger partial charge in [0.1, 0.15) is 5.82 Å². The number of carbonyl (C=O) groups excluding carboxylic acids is 1. The summed E-state index contributed by atoms with van der Waals surface area (Å²) in [5.74, 6) is 0.475. The predicted octanol–water partition coefficient (Wildman–Crippen LogP) is 4.69. The van der Waals surface area contributed by atoms with Gasteiger partial charge in [-0.2, -0.15) is 4.98 Å². The number of amides is 1. The van der Waals surface area contributed by atoms with E-state index >= 15 is 0 Å². The van der Waals surface area contributed by atoms with Crippen LogP contribution < -0.4 is 5.32 Å². The fourth-order valence-corrected chi connectivity index (χ4v) is 3.87. The molecule has 30 heavy (non-hydrogen) atoms. The molecule has 3 aromatic rings. The van der Waals surface area contributed by atoms with Gasteiger partial charge in [0.05, 0.1) is 12.5 Å². The maximum Gasteiger partial charge on any atom is 0.241 e. The van der Waals surface area contributed by atoms with Crippen LogP contribution in [0.4, 0.5) is 10.1 Å². The molecule has 1 fully saturated rings. The Balaban J connectivity index is 1.37. The SMILES string of the molecule is Cc1cc(Cl)ccc1NC(=O)C1CCCN(Cc2nc(-c3ccc(F)cc3)no2)C1. The number of piperidine rings is 1. The Labute approximate surface area is 179 Å². The number of nitrogens with one attached hydrogen (secondary N) is 1. The molecule has 1 aromatic heterocycles. The number of carbonyl (C=O) groups is 1. The minimum atomic E-state index is -0.311. The summed E-state index contributed by atoms with van der Waals surface area (Å²) < 4.78 is 18.4. The van der Waals surface area contributed by atoms with Gasteiger partial charge in [-0.05, 0) is 74.3 Å². The fourth-order valence-electron chi connectivity index (χ4n) is 3.64. The Morgan fingerprint density at radius 1 is 1.30 bits per heavy atom. The first kappa shape index (κ1) is 20.5. The number of aryl methyl sites for hydroxylation is 1. The van der Waals surface area contributed by atoms with E-state index in [4.69, 9.17) is 16.1 Å². The first-order valence-corrected chi connectivity index (χ1v) is 10.2. The highest BCUT2D eigenvalue weighted by molar-refractivity contribution is 6.30. The number of anilines is 1. The van der Waals surface area contributed by atoms with Gasteiger partial charge in [-0.3, -0.25) is 9.69 Å². The largest absolute Gasteiger partial charge is 0.338 e. The number of hydrogen-bond acceptors (Lipinski definition) is 5. The number of benzene rings is 2. The molecule has 1 amide bonds. The van der Waals surface area contributed by atoms with Gasteiger partial charge in [0.25, 0.3) is 0 Å². The van der Waals surface area contributed by atoms with Gasteiger partial charge in [-0.25, -0.2) is 4.39 Å². The number of nitrogens with zero attached hydrogens (tertiary/aromatic N) is 3. The fraction of sp³-hybridized carbons (Fsp3) is 0.318. The Bertz CT molecular complexity index is 1040. The Kier molecular flexibility index (Phi) is 6.11. The van der Waals surface area contributed by atoms with E-state index in [9.17, 15) is 9.18 Å². The molecular weight excluding hydrogens is 407 g/mol. The summed E-state index contributed by atoms with van der Waals surface area (Å²) in [5.41, 5.74) is 2.41. The number of aromatic nitrogens is 2. The topological polar surface area (TPSA) is 71.3 Å². The molecule has 1 unspecified atom stereocenters. The molecule has 1 saturated heterocycles. The van der Waals surface area contributed by atoms with Crippen LogP contribution in [0.25, 0.3) is 11.4 Å². The molecule has 1 N–H and O–H groups in total. The zero-order valence-corrected chi connectivity index (χ0v) is 17.3. The lowest BCUT2D eigenvalue weighted by Crippen LogP contribution is -2.40. The van der Waals surface area contributed by atoms with Crippen LogP contribution in [0.5, 0.6) is 0 Å². The molecule has 4 rings (SSSR count). The summed E-state index contributed by atoms with van der Waals surface area (Å²) in [6.07, 6.45) is 1.75. The monoisotopic (exact) mass is 428 g/mol. The van der Waals surface area contributed by atoms with Crippen molar-refractivity contribution >= 4 is 23.2 Å². The van der Waals surface area contributed by atoms with Crippen molar-refractivity contribution in [2.75, 3.05) is 18.4 Å². The highest BCUT2D eigenvalue weighted by atomic mass is 35.5. The minimum absolute atomic E-state index is 0.00246. The molecule has 0 spiro atoms. The second kappa shape index (κ2) is 8.93. The second-order valence-electron chi connectivity index (χ2n) is 7.54. The van der Waals surface area contributed by atoms with Crippen LogP contribution in [0.3, 0.4) is 0 Å². The molecular formula is C22H22ClFN4O2. The van der Waals surface area contributed by atoms with Crippen LogP contribution >= 0.6 is 11.6 Å². The molecule has 6 nitrogen and oxygen atoms in total. The van der Waals surface area contributed by atoms with E-state index in [0.29, 0.717) is 35.4 Å². The summed E-state index contributed by atoms with van der Waals surface area (Å²) in [6.45, 7) is 3.87. The Morgan fingerprint density at radius 2 is 2.10 bits per heavy atom. The van der Waals surface area contributed by atoms with E-state index in [2.05, 4.69) is 20.4 Å². The van der Waals surface area contributed by atoms with Crippen molar-refractivity contribution < 1.29 is 13.7 Å². The number of likely N-dealkylation sites (tertiary alicyclic amines) is 1. The molecule has 0 bridgehead atoms. The molecule has 1 atom stereocenters. The van der Waals surface area contributed by atoms with Crippen LogP contribution in [0.2, 0.25) is 5.02 Å². The smallest absolute Gasteiger partial charge is 0.241 e. The summed E-state index contributed by atoms with van der Waals surface area (Å²) in [7, 11) is 0. The maximum atomic E-state index is 13.1. The lowest BCUT2D eigenvalue weighted by molar-refractivity contribution is -0.121. The van der Waals surface area contributed by atoms with Gasteiger partial charge in [0.15, 0.2) is 0 Å². The molecule has 1 aliphatic rings. The Morgan fingerprint density at radius 3 is 2.87 bits per heavy atom. The summed E-state index contributed by atoms with van der Waals surface area (Å²) in [6, 6.07) is 11.4. The molecule has 0 saturated carbocycles. The quantitative estimate of drug-likeness (QED) is 0.638. The normalized spacial score (nSPS) is 17.1. The first-order valence-electron chi connectivity index (χ1n) is 9.86. The first-order chi connectivity index (χ1) is 14.5. The molecule has 0 aliphatic carbocycles. The van der Waals surface area contributed by atoms with Crippen LogP contribution in [0.15, 0.2) is 47.0 Å². The van der Waals surface area contributed by atoms with E-state index in [-0.39, 0.29) is 17.6 Å². The third-order valence-corrected chi connectivity index (χ3v) is 5.49. The van der Waals surface area contributed by atoms with Gasteiger partial charge < -0.3 is 9.84 Å². The van der Waals surface area contributed by atoms with E-state index in [1.165, 1.54) is 12.1 Å². The lowest BCUT2D eigenvalue weighted by Gasteiger charge is -2.31. The second-order valence-corrected chi connectivity index (χ2v) is 7.98. The zero-order chi connectivity index (χ0) is 21.1. The van der Waals surface area contributed by atoms with Crippen molar-refractivity contribution in [2.24, 2.45) is 5.92 Å². The van der Waals surface area contributed by atoms with Crippen molar-refractivity contribution in [3.8, 4) is 11.4 Å². The van der Waals surface area contributed by atoms with Crippen molar-refractivity contribution in [3.63, 3.8) is 0 Å². The number of halogens is 2. The summed E-state index contributed by atoms with van der Waals surface area (Å²) in [4.78, 5) is 19.3. The molecule has 1 aliphatic heterocycles. The number of rotatable bonds is 5. The highest BCUT2D eigenvalue weighted by Crippen LogP contribution is 2.24. The van der Waals surface area contributed by atoms with Gasteiger partial charge >= 0.3 is 0 Å². The van der Waals surface area contributed by atoms with Gasteiger partial charge in [-0.15, -0.1) is 0 Å². The molecule has 2 heterocycles. The van der Waals surface area contributed by atoms with Crippen LogP contribution in [-0.4, -0.2) is 34.0 Å². The van der Waals surface area contributed by atoms with E-state index < -0.39 is 0 Å². The van der Waals surface area contributed by atoms with Gasteiger partial charge in [0, 0.05) is 22.8 Å². The summed E-state index contributed by atoms with van der Waals surface area (Å²) >= 11 is 5.99.